The highest BCUT2D eigenvalue weighted by Gasteiger charge is 2.20. The van der Waals surface area contributed by atoms with Gasteiger partial charge in [0.1, 0.15) is 23.9 Å². The van der Waals surface area contributed by atoms with E-state index >= 15 is 0 Å². The minimum Gasteiger partial charge on any atom is -0.456 e. The molecular weight excluding hydrogens is 594 g/mol. The highest BCUT2D eigenvalue weighted by Crippen LogP contribution is 2.31. The van der Waals surface area contributed by atoms with E-state index in [-0.39, 0.29) is 18.8 Å². The molecule has 0 unspecified atom stereocenters. The number of unbranched alkanes of at least 4 members (excludes halogenated alkanes) is 3. The normalized spacial score (nSPS) is 11.8. The Labute approximate surface area is 263 Å². The Kier molecular flexibility index (Phi) is 17.0. The molecule has 12 heteroatoms. The summed E-state index contributed by atoms with van der Waals surface area (Å²) in [6.07, 6.45) is 5.29. The predicted molar refractivity (Wildman–Crippen MR) is 171 cm³/mol. The second-order valence-electron chi connectivity index (χ2n) is 10.6. The van der Waals surface area contributed by atoms with Gasteiger partial charge < -0.3 is 34.3 Å². The van der Waals surface area contributed by atoms with Crippen molar-refractivity contribution >= 4 is 56.8 Å². The highest BCUT2D eigenvalue weighted by molar-refractivity contribution is 7.19. The van der Waals surface area contributed by atoms with Gasteiger partial charge in [0.05, 0.1) is 33.0 Å². The number of esters is 1. The Balaban J connectivity index is 1.77. The van der Waals surface area contributed by atoms with Crippen molar-refractivity contribution in [2.24, 2.45) is 0 Å². The maximum absolute atomic E-state index is 12.3. The number of nitriles is 1. The summed E-state index contributed by atoms with van der Waals surface area (Å²) in [7, 11) is 0. The average molecular weight is 638 g/mol. The first kappa shape index (κ1) is 36.3. The molecule has 0 fully saturated rings. The Bertz CT molecular complexity index is 1210. The molecule has 0 aliphatic carbocycles. The molecule has 0 atom stereocenters. The van der Waals surface area contributed by atoms with E-state index in [9.17, 15) is 20.0 Å². The molecule has 43 heavy (non-hydrogen) atoms. The topological polar surface area (TPSA) is 130 Å². The number of fused-ring (bicyclic) bond motifs is 1. The first-order valence-corrected chi connectivity index (χ1v) is 15.9. The van der Waals surface area contributed by atoms with E-state index in [0.29, 0.717) is 51.9 Å². The van der Waals surface area contributed by atoms with Crippen LogP contribution >= 0.6 is 22.9 Å². The number of alkyl halides is 1. The zero-order chi connectivity index (χ0) is 31.5. The summed E-state index contributed by atoms with van der Waals surface area (Å²) in [4.78, 5) is 27.1. The van der Waals surface area contributed by atoms with Gasteiger partial charge >= 0.3 is 12.1 Å². The van der Waals surface area contributed by atoms with Crippen molar-refractivity contribution in [3.63, 3.8) is 0 Å². The molecule has 0 saturated carbocycles. The van der Waals surface area contributed by atoms with Gasteiger partial charge in [-0.15, -0.1) is 22.9 Å². The molecule has 0 aliphatic heterocycles. The number of ether oxygens (including phenoxy) is 4. The number of thiophene rings is 1. The summed E-state index contributed by atoms with van der Waals surface area (Å²) < 4.78 is 22.6. The SMILES string of the molecule is CC(C)(C)OC(=O)/C(C#N)=C/c1cc2ccc(N(CCO)CCOC(=O)NCCOCCOCCCCCCCl)cc2s1. The smallest absolute Gasteiger partial charge is 0.407 e. The molecule has 0 radical (unpaired) electrons. The lowest BCUT2D eigenvalue weighted by Gasteiger charge is -2.24. The number of rotatable bonds is 20. The van der Waals surface area contributed by atoms with Crippen LogP contribution in [0.2, 0.25) is 0 Å². The van der Waals surface area contributed by atoms with Crippen LogP contribution in [0.5, 0.6) is 0 Å². The Hall–Kier alpha value is -2.88. The van der Waals surface area contributed by atoms with Gasteiger partial charge in [-0.25, -0.2) is 9.59 Å². The number of nitrogens with zero attached hydrogens (tertiary/aromatic N) is 2. The number of anilines is 1. The average Bonchev–Trinajstić information content (AvgIpc) is 3.37. The maximum atomic E-state index is 12.3. The molecule has 1 aromatic heterocycles. The van der Waals surface area contributed by atoms with Crippen LogP contribution in [0.4, 0.5) is 10.5 Å². The molecule has 0 saturated heterocycles. The largest absolute Gasteiger partial charge is 0.456 e. The van der Waals surface area contributed by atoms with Crippen molar-refractivity contribution in [1.82, 2.24) is 5.32 Å². The standard InChI is InChI=1S/C31H44ClN3O7S/c1-31(2,3)42-29(37)25(23-33)21-27-20-24-8-9-26(22-28(24)43-27)35(12-14-36)13-17-41-30(38)34-11-16-40-19-18-39-15-7-5-4-6-10-32/h8-9,20-22,36H,4-7,10-19H2,1-3H3,(H,34,38)/b25-21+. The lowest BCUT2D eigenvalue weighted by atomic mass is 10.1. The van der Waals surface area contributed by atoms with E-state index in [4.69, 9.17) is 30.5 Å². The van der Waals surface area contributed by atoms with Gasteiger partial charge in [-0.2, -0.15) is 5.26 Å². The van der Waals surface area contributed by atoms with E-state index in [2.05, 4.69) is 5.32 Å². The van der Waals surface area contributed by atoms with Crippen LogP contribution in [0, 0.1) is 11.3 Å². The van der Waals surface area contributed by atoms with Crippen molar-refractivity contribution < 1.29 is 33.6 Å². The third-order valence-corrected chi connectivity index (χ3v) is 7.25. The highest BCUT2D eigenvalue weighted by atomic mass is 35.5. The summed E-state index contributed by atoms with van der Waals surface area (Å²) >= 11 is 7.09. The van der Waals surface area contributed by atoms with Crippen molar-refractivity contribution in [2.45, 2.75) is 52.1 Å². The van der Waals surface area contributed by atoms with Gasteiger partial charge in [0, 0.05) is 40.8 Å². The number of carbonyl (C=O) groups is 2. The van der Waals surface area contributed by atoms with Crippen molar-refractivity contribution in [3.8, 4) is 6.07 Å². The Morgan fingerprint density at radius 3 is 2.49 bits per heavy atom. The molecule has 2 N–H and O–H groups in total. The lowest BCUT2D eigenvalue weighted by molar-refractivity contribution is -0.149. The molecule has 2 aromatic rings. The maximum Gasteiger partial charge on any atom is 0.407 e. The second-order valence-corrected chi connectivity index (χ2v) is 12.1. The van der Waals surface area contributed by atoms with Crippen LogP contribution in [-0.4, -0.2) is 87.9 Å². The molecular formula is C31H44ClN3O7S. The van der Waals surface area contributed by atoms with E-state index in [1.54, 1.807) is 20.8 Å². The van der Waals surface area contributed by atoms with E-state index in [1.807, 2.05) is 35.2 Å². The number of hydrogen-bond donors (Lipinski definition) is 2. The van der Waals surface area contributed by atoms with E-state index in [0.717, 1.165) is 46.3 Å². The second kappa shape index (κ2) is 20.1. The molecule has 0 aliphatic rings. The predicted octanol–water partition coefficient (Wildman–Crippen LogP) is 5.51. The van der Waals surface area contributed by atoms with Crippen LogP contribution in [0.25, 0.3) is 16.2 Å². The van der Waals surface area contributed by atoms with Gasteiger partial charge in [-0.05, 0) is 63.3 Å². The number of amides is 1. The number of hydrogen-bond acceptors (Lipinski definition) is 10. The first-order chi connectivity index (χ1) is 20.7. The first-order valence-electron chi connectivity index (χ1n) is 14.5. The number of nitrogens with one attached hydrogen (secondary N) is 1. The number of halogens is 1. The summed E-state index contributed by atoms with van der Waals surface area (Å²) in [6.45, 7) is 8.42. The van der Waals surface area contributed by atoms with Gasteiger partial charge in [0.15, 0.2) is 0 Å². The van der Waals surface area contributed by atoms with Crippen molar-refractivity contribution in [1.29, 1.82) is 5.26 Å². The Morgan fingerprint density at radius 1 is 1.05 bits per heavy atom. The molecule has 0 bridgehead atoms. The third kappa shape index (κ3) is 14.9. The number of aliphatic hydroxyl groups is 1. The van der Waals surface area contributed by atoms with Gasteiger partial charge in [-0.3, -0.25) is 0 Å². The fourth-order valence-electron chi connectivity index (χ4n) is 3.91. The fraction of sp³-hybridized carbons (Fsp3) is 0.581. The van der Waals surface area contributed by atoms with Gasteiger partial charge in [-0.1, -0.05) is 18.9 Å². The summed E-state index contributed by atoms with van der Waals surface area (Å²) in [5, 5.41) is 22.7. The van der Waals surface area contributed by atoms with Gasteiger partial charge in [0.25, 0.3) is 0 Å². The Morgan fingerprint density at radius 2 is 1.79 bits per heavy atom. The number of alkyl carbamates (subject to hydrolysis) is 1. The lowest BCUT2D eigenvalue weighted by Crippen LogP contribution is -2.34. The number of aliphatic hydroxyl groups excluding tert-OH is 1. The molecule has 1 aromatic carbocycles. The molecule has 10 nitrogen and oxygen atoms in total. The summed E-state index contributed by atoms with van der Waals surface area (Å²) in [6, 6.07) is 9.65. The quantitative estimate of drug-likeness (QED) is 0.0635. The van der Waals surface area contributed by atoms with Crippen LogP contribution in [-0.2, 0) is 23.7 Å². The number of carbonyl (C=O) groups excluding carboxylic acids is 2. The minimum absolute atomic E-state index is 0.0697. The third-order valence-electron chi connectivity index (χ3n) is 5.94. The van der Waals surface area contributed by atoms with Crippen LogP contribution in [0.3, 0.4) is 0 Å². The summed E-state index contributed by atoms with van der Waals surface area (Å²) in [5.74, 6) is 0.0441. The number of benzene rings is 1. The molecule has 238 valence electrons. The van der Waals surface area contributed by atoms with Crippen LogP contribution < -0.4 is 10.2 Å². The van der Waals surface area contributed by atoms with Crippen LogP contribution in [0.15, 0.2) is 29.8 Å². The minimum atomic E-state index is -0.698. The van der Waals surface area contributed by atoms with Crippen LogP contribution in [0.1, 0.15) is 51.3 Å². The molecule has 1 amide bonds. The fourth-order valence-corrected chi connectivity index (χ4v) is 5.14. The van der Waals surface area contributed by atoms with Gasteiger partial charge in [0.2, 0.25) is 0 Å². The monoisotopic (exact) mass is 637 g/mol. The molecule has 1 heterocycles. The summed E-state index contributed by atoms with van der Waals surface area (Å²) in [5.41, 5.74) is 0.0813. The molecule has 0 spiro atoms. The molecule has 2 rings (SSSR count). The van der Waals surface area contributed by atoms with E-state index in [1.165, 1.54) is 17.4 Å². The zero-order valence-electron chi connectivity index (χ0n) is 25.4. The zero-order valence-corrected chi connectivity index (χ0v) is 26.9. The van der Waals surface area contributed by atoms with E-state index < -0.39 is 17.7 Å². The van der Waals surface area contributed by atoms with Crippen molar-refractivity contribution in [2.75, 3.05) is 70.1 Å². The van der Waals surface area contributed by atoms with Crippen molar-refractivity contribution in [3.05, 3.63) is 34.7 Å².